The number of ether oxygens (including phenoxy) is 2. The molecule has 0 aromatic heterocycles. The van der Waals surface area contributed by atoms with Gasteiger partial charge in [-0.3, -0.25) is 4.79 Å². The monoisotopic (exact) mass is 322 g/mol. The molecule has 0 unspecified atom stereocenters. The van der Waals surface area contributed by atoms with Gasteiger partial charge in [-0.05, 0) is 54.9 Å². The molecule has 18 heavy (non-hydrogen) atoms. The van der Waals surface area contributed by atoms with Crippen LogP contribution in [0.2, 0.25) is 0 Å². The molecule has 3 nitrogen and oxygen atoms in total. The van der Waals surface area contributed by atoms with Crippen LogP contribution in [0.3, 0.4) is 0 Å². The zero-order chi connectivity index (χ0) is 14.6. The highest BCUT2D eigenvalue weighted by atomic mass is 79.9. The van der Waals surface area contributed by atoms with E-state index in [1.807, 2.05) is 34.6 Å². The second-order valence-corrected chi connectivity index (χ2v) is 8.99. The molecule has 0 spiro atoms. The molecule has 0 heterocycles. The average Bonchev–Trinajstić information content (AvgIpc) is 1.93. The number of alkyl halides is 1. The van der Waals surface area contributed by atoms with Crippen molar-refractivity contribution in [2.75, 3.05) is 6.61 Å². The lowest BCUT2D eigenvalue weighted by Gasteiger charge is -2.28. The zero-order valence-corrected chi connectivity index (χ0v) is 14.3. The summed E-state index contributed by atoms with van der Waals surface area (Å²) in [5.41, 5.74) is -0.925. The number of carbonyl (C=O) groups excluding carboxylic acids is 1. The number of esters is 1. The molecule has 0 aliphatic heterocycles. The lowest BCUT2D eigenvalue weighted by Crippen LogP contribution is -2.33. The summed E-state index contributed by atoms with van der Waals surface area (Å²) in [6.45, 7) is 14.2. The average molecular weight is 323 g/mol. The Hall–Kier alpha value is -0.0900. The van der Waals surface area contributed by atoms with Crippen molar-refractivity contribution in [1.82, 2.24) is 0 Å². The third kappa shape index (κ3) is 11.0. The first kappa shape index (κ1) is 17.9. The van der Waals surface area contributed by atoms with E-state index in [4.69, 9.17) is 9.47 Å². The van der Waals surface area contributed by atoms with Gasteiger partial charge in [-0.25, -0.2) is 0 Å². The molecule has 108 valence electrons. The second kappa shape index (κ2) is 6.38. The van der Waals surface area contributed by atoms with Crippen LogP contribution >= 0.6 is 15.9 Å². The van der Waals surface area contributed by atoms with Crippen molar-refractivity contribution in [1.29, 1.82) is 0 Å². The zero-order valence-electron chi connectivity index (χ0n) is 12.7. The molecule has 0 N–H and O–H groups in total. The Kier molecular flexibility index (Phi) is 6.34. The standard InChI is InChI=1S/C14H27BrO3/c1-12(2,3)18-11(16)10-14(6,7)17-9-8-13(4,5)15/h8-10H2,1-7H3. The molecule has 0 radical (unpaired) electrons. The highest BCUT2D eigenvalue weighted by molar-refractivity contribution is 9.10. The molecule has 0 saturated heterocycles. The van der Waals surface area contributed by atoms with Crippen LogP contribution in [-0.2, 0) is 14.3 Å². The van der Waals surface area contributed by atoms with Gasteiger partial charge in [0.1, 0.15) is 5.60 Å². The van der Waals surface area contributed by atoms with Gasteiger partial charge < -0.3 is 9.47 Å². The molecule has 0 atom stereocenters. The summed E-state index contributed by atoms with van der Waals surface area (Å²) >= 11 is 3.57. The molecule has 0 aliphatic carbocycles. The van der Waals surface area contributed by atoms with Crippen molar-refractivity contribution in [3.63, 3.8) is 0 Å². The van der Waals surface area contributed by atoms with Crippen molar-refractivity contribution in [3.8, 4) is 0 Å². The minimum absolute atomic E-state index is 0.0645. The minimum Gasteiger partial charge on any atom is -0.460 e. The maximum Gasteiger partial charge on any atom is 0.309 e. The van der Waals surface area contributed by atoms with Gasteiger partial charge in [0.2, 0.25) is 0 Å². The Balaban J connectivity index is 4.11. The van der Waals surface area contributed by atoms with E-state index in [0.29, 0.717) is 6.61 Å². The fourth-order valence-corrected chi connectivity index (χ4v) is 1.51. The van der Waals surface area contributed by atoms with Crippen LogP contribution in [0.25, 0.3) is 0 Å². The molecule has 0 saturated carbocycles. The Morgan fingerprint density at radius 1 is 1.06 bits per heavy atom. The van der Waals surface area contributed by atoms with Crippen LogP contribution in [0.15, 0.2) is 0 Å². The Morgan fingerprint density at radius 3 is 1.94 bits per heavy atom. The van der Waals surface area contributed by atoms with E-state index >= 15 is 0 Å². The molecule has 0 rings (SSSR count). The first-order chi connectivity index (χ1) is 7.81. The third-order valence-corrected chi connectivity index (χ3v) is 2.58. The summed E-state index contributed by atoms with van der Waals surface area (Å²) in [5.74, 6) is -0.217. The van der Waals surface area contributed by atoms with E-state index in [9.17, 15) is 4.79 Å². The van der Waals surface area contributed by atoms with Gasteiger partial charge in [0.25, 0.3) is 0 Å². The first-order valence-electron chi connectivity index (χ1n) is 6.35. The predicted octanol–water partition coefficient (Wildman–Crippen LogP) is 4.08. The number of hydrogen-bond acceptors (Lipinski definition) is 3. The summed E-state index contributed by atoms with van der Waals surface area (Å²) in [7, 11) is 0. The van der Waals surface area contributed by atoms with E-state index in [0.717, 1.165) is 6.42 Å². The molecule has 4 heteroatoms. The van der Waals surface area contributed by atoms with Crippen LogP contribution in [-0.4, -0.2) is 28.1 Å². The van der Waals surface area contributed by atoms with Gasteiger partial charge in [0, 0.05) is 10.9 Å². The van der Waals surface area contributed by atoms with E-state index in [-0.39, 0.29) is 16.7 Å². The number of rotatable bonds is 6. The summed E-state index contributed by atoms with van der Waals surface area (Å²) < 4.78 is 11.1. The summed E-state index contributed by atoms with van der Waals surface area (Å²) in [6.07, 6.45) is 1.16. The molecule has 0 aromatic rings. The molecular formula is C14H27BrO3. The van der Waals surface area contributed by atoms with Crippen LogP contribution < -0.4 is 0 Å². The molecule has 0 amide bonds. The molecule has 0 aliphatic rings. The first-order valence-corrected chi connectivity index (χ1v) is 7.15. The van der Waals surface area contributed by atoms with Crippen LogP contribution in [0, 0.1) is 0 Å². The Morgan fingerprint density at radius 2 is 1.56 bits per heavy atom. The van der Waals surface area contributed by atoms with Crippen molar-refractivity contribution in [2.45, 2.75) is 76.8 Å². The Bertz CT molecular complexity index is 272. The lowest BCUT2D eigenvalue weighted by atomic mass is 10.0. The highest BCUT2D eigenvalue weighted by Crippen LogP contribution is 2.23. The Labute approximate surface area is 120 Å². The van der Waals surface area contributed by atoms with Crippen molar-refractivity contribution in [3.05, 3.63) is 0 Å². The number of carbonyl (C=O) groups is 1. The highest BCUT2D eigenvalue weighted by Gasteiger charge is 2.27. The van der Waals surface area contributed by atoms with Crippen LogP contribution in [0.5, 0.6) is 0 Å². The van der Waals surface area contributed by atoms with E-state index < -0.39 is 11.2 Å². The van der Waals surface area contributed by atoms with Gasteiger partial charge >= 0.3 is 5.97 Å². The van der Waals surface area contributed by atoms with Crippen molar-refractivity contribution >= 4 is 21.9 Å². The maximum absolute atomic E-state index is 11.7. The molecule has 0 bridgehead atoms. The quantitative estimate of drug-likeness (QED) is 0.546. The lowest BCUT2D eigenvalue weighted by molar-refractivity contribution is -0.161. The normalized spacial score (nSPS) is 13.6. The van der Waals surface area contributed by atoms with Crippen molar-refractivity contribution < 1.29 is 14.3 Å². The maximum atomic E-state index is 11.7. The van der Waals surface area contributed by atoms with Gasteiger partial charge in [-0.2, -0.15) is 0 Å². The van der Waals surface area contributed by atoms with Crippen LogP contribution in [0.1, 0.15) is 61.3 Å². The fraction of sp³-hybridized carbons (Fsp3) is 0.929. The summed E-state index contributed by atoms with van der Waals surface area (Å²) in [4.78, 5) is 11.7. The largest absolute Gasteiger partial charge is 0.460 e. The second-order valence-electron chi connectivity index (χ2n) is 6.84. The summed E-state index contributed by atoms with van der Waals surface area (Å²) in [6, 6.07) is 0. The van der Waals surface area contributed by atoms with E-state index in [2.05, 4.69) is 29.8 Å². The van der Waals surface area contributed by atoms with Gasteiger partial charge in [-0.1, -0.05) is 15.9 Å². The van der Waals surface area contributed by atoms with Crippen LogP contribution in [0.4, 0.5) is 0 Å². The number of hydrogen-bond donors (Lipinski definition) is 0. The number of halogens is 1. The smallest absolute Gasteiger partial charge is 0.309 e. The SMILES string of the molecule is CC(C)(Br)CCOC(C)(C)CC(=O)OC(C)(C)C. The topological polar surface area (TPSA) is 35.5 Å². The van der Waals surface area contributed by atoms with Gasteiger partial charge in [0.15, 0.2) is 0 Å². The predicted molar refractivity (Wildman–Crippen MR) is 78.1 cm³/mol. The van der Waals surface area contributed by atoms with E-state index in [1.54, 1.807) is 0 Å². The third-order valence-electron chi connectivity index (χ3n) is 2.18. The van der Waals surface area contributed by atoms with Gasteiger partial charge in [0.05, 0.1) is 12.0 Å². The molecule has 0 fully saturated rings. The fourth-order valence-electron chi connectivity index (χ4n) is 1.35. The molecular weight excluding hydrogens is 296 g/mol. The van der Waals surface area contributed by atoms with Crippen molar-refractivity contribution in [2.24, 2.45) is 0 Å². The minimum atomic E-state index is -0.486. The molecule has 0 aromatic carbocycles. The van der Waals surface area contributed by atoms with Gasteiger partial charge in [-0.15, -0.1) is 0 Å². The van der Waals surface area contributed by atoms with E-state index in [1.165, 1.54) is 0 Å². The summed E-state index contributed by atoms with van der Waals surface area (Å²) in [5, 5.41) is 0.